The van der Waals surface area contributed by atoms with Crippen molar-refractivity contribution in [2.45, 2.75) is 18.8 Å². The Morgan fingerprint density at radius 1 is 1.11 bits per heavy atom. The minimum atomic E-state index is -0.637. The van der Waals surface area contributed by atoms with Crippen LogP contribution in [0.1, 0.15) is 0 Å². The minimum Gasteiger partial charge on any atom is -0.457 e. The van der Waals surface area contributed by atoms with E-state index in [0.717, 1.165) is 5.67 Å². The first-order valence-corrected chi connectivity index (χ1v) is 7.57. The van der Waals surface area contributed by atoms with Crippen LogP contribution in [0.3, 0.4) is 0 Å². The molecule has 48 valence electrons. The summed E-state index contributed by atoms with van der Waals surface area (Å²) >= 11 is 0. The molecule has 0 atom stereocenters. The summed E-state index contributed by atoms with van der Waals surface area (Å²) in [4.78, 5) is 0. The highest BCUT2D eigenvalue weighted by atomic mass is 28.4. The standard InChI is InChI=1S/C3H8O2Si4/c1-8(4-6)3-9(2)5-7/h3H2,1-2H3. The van der Waals surface area contributed by atoms with Crippen LogP contribution >= 0.6 is 0 Å². The summed E-state index contributed by atoms with van der Waals surface area (Å²) in [5, 5.41) is 0. The van der Waals surface area contributed by atoms with Gasteiger partial charge >= 0.3 is 0 Å². The van der Waals surface area contributed by atoms with E-state index in [1.165, 1.54) is 0 Å². The van der Waals surface area contributed by atoms with Gasteiger partial charge in [-0.05, 0) is 18.8 Å². The van der Waals surface area contributed by atoms with Crippen molar-refractivity contribution < 1.29 is 8.23 Å². The molecule has 0 unspecified atom stereocenters. The average Bonchev–Trinajstić information content (AvgIpc) is 1.87. The monoisotopic (exact) mass is 188 g/mol. The summed E-state index contributed by atoms with van der Waals surface area (Å²) in [5.74, 6) is 0. The van der Waals surface area contributed by atoms with Crippen LogP contribution < -0.4 is 0 Å². The van der Waals surface area contributed by atoms with Crippen molar-refractivity contribution in [1.29, 1.82) is 0 Å². The highest BCUT2D eigenvalue weighted by Gasteiger charge is 2.10. The molecule has 0 aliphatic carbocycles. The van der Waals surface area contributed by atoms with Crippen LogP contribution in [-0.2, 0) is 8.23 Å². The zero-order valence-electron chi connectivity index (χ0n) is 5.52. The van der Waals surface area contributed by atoms with Gasteiger partial charge in [0.25, 0.3) is 0 Å². The third-order valence-corrected chi connectivity index (χ3v) is 7.62. The van der Waals surface area contributed by atoms with Gasteiger partial charge in [0.15, 0.2) is 18.1 Å². The van der Waals surface area contributed by atoms with Gasteiger partial charge in [-0.1, -0.05) is 0 Å². The van der Waals surface area contributed by atoms with E-state index in [0.29, 0.717) is 0 Å². The van der Waals surface area contributed by atoms with E-state index in [1.54, 1.807) is 0 Å². The lowest BCUT2D eigenvalue weighted by atomic mass is 11.8. The molecule has 0 N–H and O–H groups in total. The molecule has 0 heterocycles. The Balaban J connectivity index is 3.22. The molecule has 2 nitrogen and oxygen atoms in total. The number of hydrogen-bond donors (Lipinski definition) is 0. The second-order valence-electron chi connectivity index (χ2n) is 1.78. The third-order valence-electron chi connectivity index (χ3n) is 0.846. The molecule has 6 heteroatoms. The lowest BCUT2D eigenvalue weighted by Crippen LogP contribution is -2.23. The molecule has 0 rings (SSSR count). The van der Waals surface area contributed by atoms with Crippen molar-refractivity contribution in [2.24, 2.45) is 0 Å². The van der Waals surface area contributed by atoms with E-state index in [-0.39, 0.29) is 0 Å². The van der Waals surface area contributed by atoms with Crippen molar-refractivity contribution in [3.05, 3.63) is 0 Å². The highest BCUT2D eigenvalue weighted by Crippen LogP contribution is 1.97. The van der Waals surface area contributed by atoms with Crippen LogP contribution in [0.5, 0.6) is 0 Å². The molecule has 0 spiro atoms. The molecule has 0 aromatic carbocycles. The van der Waals surface area contributed by atoms with E-state index in [9.17, 15) is 0 Å². The maximum Gasteiger partial charge on any atom is 0.229 e. The number of hydrogen-bond acceptors (Lipinski definition) is 2. The third kappa shape index (κ3) is 5.24. The van der Waals surface area contributed by atoms with Gasteiger partial charge < -0.3 is 8.23 Å². The summed E-state index contributed by atoms with van der Waals surface area (Å²) in [6.45, 7) is 4.19. The molecule has 0 saturated carbocycles. The first-order chi connectivity index (χ1) is 4.20. The fourth-order valence-corrected chi connectivity index (χ4v) is 5.10. The van der Waals surface area contributed by atoms with Crippen LogP contribution in [-0.4, -0.2) is 39.1 Å². The van der Waals surface area contributed by atoms with E-state index in [4.69, 9.17) is 8.23 Å². The van der Waals surface area contributed by atoms with Crippen LogP contribution in [0.25, 0.3) is 0 Å². The quantitative estimate of drug-likeness (QED) is 0.577. The van der Waals surface area contributed by atoms with Gasteiger partial charge in [-0.25, -0.2) is 0 Å². The van der Waals surface area contributed by atoms with E-state index < -0.39 is 18.1 Å². The van der Waals surface area contributed by atoms with E-state index >= 15 is 0 Å². The Morgan fingerprint density at radius 2 is 1.44 bits per heavy atom. The van der Waals surface area contributed by atoms with Gasteiger partial charge in [0.1, 0.15) is 0 Å². The molecule has 0 amide bonds. The van der Waals surface area contributed by atoms with Gasteiger partial charge in [0.2, 0.25) is 21.0 Å². The summed E-state index contributed by atoms with van der Waals surface area (Å²) < 4.78 is 9.91. The second-order valence-corrected chi connectivity index (χ2v) is 7.64. The fraction of sp³-hybridized carbons (Fsp3) is 1.00. The predicted molar refractivity (Wildman–Crippen MR) is 41.7 cm³/mol. The lowest BCUT2D eigenvalue weighted by Gasteiger charge is -2.09. The first-order valence-electron chi connectivity index (χ1n) is 2.52. The molecule has 0 aliphatic heterocycles. The highest BCUT2D eigenvalue weighted by molar-refractivity contribution is 6.72. The molecule has 0 aliphatic rings. The Kier molecular flexibility index (Phi) is 6.05. The smallest absolute Gasteiger partial charge is 0.229 e. The normalized spacial score (nSPS) is 11.3. The maximum atomic E-state index is 4.95. The van der Waals surface area contributed by atoms with Crippen LogP contribution in [0, 0.1) is 0 Å². The van der Waals surface area contributed by atoms with Gasteiger partial charge in [0, 0.05) is 0 Å². The van der Waals surface area contributed by atoms with E-state index in [2.05, 4.69) is 34.1 Å². The second kappa shape index (κ2) is 5.56. The van der Waals surface area contributed by atoms with Crippen molar-refractivity contribution >= 4 is 39.1 Å². The van der Waals surface area contributed by atoms with Crippen LogP contribution in [0.4, 0.5) is 0 Å². The van der Waals surface area contributed by atoms with Crippen molar-refractivity contribution in [3.8, 4) is 0 Å². The molecule has 9 heavy (non-hydrogen) atoms. The lowest BCUT2D eigenvalue weighted by molar-refractivity contribution is 0.620. The van der Waals surface area contributed by atoms with Crippen LogP contribution in [0.15, 0.2) is 0 Å². The molecule has 0 aromatic rings. The van der Waals surface area contributed by atoms with Gasteiger partial charge in [-0.2, -0.15) is 0 Å². The zero-order chi connectivity index (χ0) is 7.28. The van der Waals surface area contributed by atoms with Gasteiger partial charge in [-0.15, -0.1) is 0 Å². The van der Waals surface area contributed by atoms with Gasteiger partial charge in [-0.3, -0.25) is 0 Å². The molecule has 8 radical (unpaired) electrons. The summed E-state index contributed by atoms with van der Waals surface area (Å²) in [6, 6.07) is 0. The van der Waals surface area contributed by atoms with Crippen molar-refractivity contribution in [3.63, 3.8) is 0 Å². The molecular formula is C3H8O2Si4. The van der Waals surface area contributed by atoms with Crippen molar-refractivity contribution in [1.82, 2.24) is 0 Å². The van der Waals surface area contributed by atoms with Crippen LogP contribution in [0.2, 0.25) is 18.8 Å². The SMILES string of the molecule is C[Si](C[Si](C)O[Si])O[Si]. The first kappa shape index (κ1) is 9.79. The predicted octanol–water partition coefficient (Wildman–Crippen LogP) is -0.0316. The summed E-state index contributed by atoms with van der Waals surface area (Å²) in [6.07, 6.45) is 0. The molecule has 0 aromatic heterocycles. The summed E-state index contributed by atoms with van der Waals surface area (Å²) in [5.41, 5.74) is 1.07. The fourth-order valence-electron chi connectivity index (χ4n) is 0.423. The van der Waals surface area contributed by atoms with Gasteiger partial charge in [0.05, 0.1) is 0 Å². The average molecular weight is 188 g/mol. The summed E-state index contributed by atoms with van der Waals surface area (Å²) in [7, 11) is 4.74. The molecule has 0 bridgehead atoms. The molecule has 0 fully saturated rings. The molecule has 0 saturated heterocycles. The largest absolute Gasteiger partial charge is 0.457 e. The molecular weight excluding hydrogens is 180 g/mol. The van der Waals surface area contributed by atoms with E-state index in [1.807, 2.05) is 0 Å². The maximum absolute atomic E-state index is 4.95. The minimum absolute atomic E-state index is 0.637. The number of rotatable bonds is 4. The Bertz CT molecular complexity index is 62.8. The topological polar surface area (TPSA) is 18.5 Å². The zero-order valence-corrected chi connectivity index (χ0v) is 9.52. The Morgan fingerprint density at radius 3 is 1.67 bits per heavy atom. The van der Waals surface area contributed by atoms with Crippen molar-refractivity contribution in [2.75, 3.05) is 0 Å². The Labute approximate surface area is 66.5 Å². The Hall–Kier alpha value is 0.788.